The Morgan fingerprint density at radius 3 is 2.48 bits per heavy atom. The Hall–Kier alpha value is -2.67. The van der Waals surface area contributed by atoms with E-state index in [1.807, 2.05) is 32.2 Å². The van der Waals surface area contributed by atoms with Crippen LogP contribution in [0, 0.1) is 6.92 Å². The molecule has 0 aliphatic carbocycles. The summed E-state index contributed by atoms with van der Waals surface area (Å²) in [6.07, 6.45) is -0.582. The van der Waals surface area contributed by atoms with E-state index in [-0.39, 0.29) is 6.04 Å². The molecule has 3 rings (SSSR count). The summed E-state index contributed by atoms with van der Waals surface area (Å²) in [7, 11) is 2.03. The highest BCUT2D eigenvalue weighted by molar-refractivity contribution is 5.68. The zero-order valence-electron chi connectivity index (χ0n) is 20.5. The number of hydrogen-bond donors (Lipinski definition) is 1. The fourth-order valence-corrected chi connectivity index (χ4v) is 3.86. The van der Waals surface area contributed by atoms with Crippen LogP contribution in [-0.2, 0) is 17.8 Å². The van der Waals surface area contributed by atoms with Crippen molar-refractivity contribution < 1.29 is 14.4 Å². The summed E-state index contributed by atoms with van der Waals surface area (Å²) in [5.74, 6) is 0.761. The van der Waals surface area contributed by atoms with Crippen molar-refractivity contribution in [1.82, 2.24) is 10.1 Å². The molecule has 1 heterocycles. The van der Waals surface area contributed by atoms with Gasteiger partial charge in [-0.05, 0) is 33.3 Å². The van der Waals surface area contributed by atoms with Crippen molar-refractivity contribution in [2.75, 3.05) is 31.7 Å². The summed E-state index contributed by atoms with van der Waals surface area (Å²) in [5, 5.41) is 15.1. The van der Waals surface area contributed by atoms with Crippen LogP contribution in [0.4, 0.5) is 5.88 Å². The highest BCUT2D eigenvalue weighted by Crippen LogP contribution is 2.33. The van der Waals surface area contributed by atoms with Gasteiger partial charge in [0.25, 0.3) is 0 Å². The van der Waals surface area contributed by atoms with Crippen LogP contribution >= 0.6 is 0 Å². The van der Waals surface area contributed by atoms with Crippen LogP contribution in [0.3, 0.4) is 0 Å². The third-order valence-corrected chi connectivity index (χ3v) is 5.76. The summed E-state index contributed by atoms with van der Waals surface area (Å²) in [4.78, 5) is 4.35. The minimum Gasteiger partial charge on any atom is -0.389 e. The van der Waals surface area contributed by atoms with Crippen LogP contribution in [0.2, 0.25) is 0 Å². The molecule has 0 fully saturated rings. The number of aliphatic hydroxyl groups excluding tert-OH is 1. The van der Waals surface area contributed by atoms with Gasteiger partial charge in [-0.25, -0.2) is 0 Å². The summed E-state index contributed by atoms with van der Waals surface area (Å²) in [5.41, 5.74) is 5.30. The second-order valence-corrected chi connectivity index (χ2v) is 8.86. The fourth-order valence-electron chi connectivity index (χ4n) is 3.86. The number of rotatable bonds is 12. The van der Waals surface area contributed by atoms with Gasteiger partial charge >= 0.3 is 0 Å². The molecule has 0 spiro atoms. The standard InChI is InChI=1S/C27H37N3O3/c1-6-32-19-24(31)17-30(16-22-12-10-11-21(4)15-22)18-25-26(23-13-8-7-9-14-23)28-33-27(25)29(5)20(2)3/h7-15,20,24,31H,6,16-19H2,1-5H3/t24-/m1/s1. The lowest BCUT2D eigenvalue weighted by molar-refractivity contribution is 0.0180. The van der Waals surface area contributed by atoms with Crippen molar-refractivity contribution in [2.24, 2.45) is 0 Å². The molecule has 1 aromatic heterocycles. The normalized spacial score (nSPS) is 12.5. The van der Waals surface area contributed by atoms with Gasteiger partial charge in [0, 0.05) is 44.9 Å². The SMILES string of the molecule is CCOC[C@H](O)CN(Cc1cccc(C)c1)Cc1c(-c2ccccc2)noc1N(C)C(C)C. The van der Waals surface area contributed by atoms with Gasteiger partial charge in [0.05, 0.1) is 18.3 Å². The summed E-state index contributed by atoms with van der Waals surface area (Å²) >= 11 is 0. The highest BCUT2D eigenvalue weighted by atomic mass is 16.5. The molecule has 2 aromatic carbocycles. The molecule has 0 bridgehead atoms. The summed E-state index contributed by atoms with van der Waals surface area (Å²) in [6.45, 7) is 11.0. The fraction of sp³-hybridized carbons (Fsp3) is 0.444. The van der Waals surface area contributed by atoms with E-state index >= 15 is 0 Å². The molecular formula is C27H37N3O3. The second kappa shape index (κ2) is 12.0. The van der Waals surface area contributed by atoms with Gasteiger partial charge in [0.2, 0.25) is 5.88 Å². The first kappa shape index (κ1) is 25.0. The molecule has 1 atom stereocenters. The maximum atomic E-state index is 10.6. The molecule has 3 aromatic rings. The van der Waals surface area contributed by atoms with Crippen LogP contribution in [0.15, 0.2) is 59.1 Å². The first-order chi connectivity index (χ1) is 15.9. The van der Waals surface area contributed by atoms with Gasteiger partial charge < -0.3 is 19.3 Å². The van der Waals surface area contributed by atoms with E-state index in [9.17, 15) is 5.11 Å². The van der Waals surface area contributed by atoms with E-state index in [0.29, 0.717) is 32.8 Å². The molecule has 6 heteroatoms. The molecule has 0 aliphatic rings. The Labute approximate surface area is 197 Å². The zero-order chi connectivity index (χ0) is 23.8. The number of ether oxygens (including phenoxy) is 1. The molecule has 0 unspecified atom stereocenters. The molecule has 0 aliphatic heterocycles. The van der Waals surface area contributed by atoms with Crippen molar-refractivity contribution in [3.63, 3.8) is 0 Å². The first-order valence-corrected chi connectivity index (χ1v) is 11.7. The minimum atomic E-state index is -0.582. The average molecular weight is 452 g/mol. The zero-order valence-corrected chi connectivity index (χ0v) is 20.5. The van der Waals surface area contributed by atoms with E-state index in [2.05, 4.69) is 72.1 Å². The molecule has 33 heavy (non-hydrogen) atoms. The molecule has 0 saturated carbocycles. The molecule has 0 amide bonds. The molecule has 6 nitrogen and oxygen atoms in total. The Kier molecular flexibility index (Phi) is 9.06. The van der Waals surface area contributed by atoms with Crippen molar-refractivity contribution >= 4 is 5.88 Å². The first-order valence-electron chi connectivity index (χ1n) is 11.7. The van der Waals surface area contributed by atoms with Gasteiger partial charge in [0.1, 0.15) is 5.69 Å². The smallest absolute Gasteiger partial charge is 0.232 e. The van der Waals surface area contributed by atoms with Gasteiger partial charge in [-0.1, -0.05) is 65.3 Å². The number of anilines is 1. The third-order valence-electron chi connectivity index (χ3n) is 5.76. The Morgan fingerprint density at radius 1 is 1.06 bits per heavy atom. The van der Waals surface area contributed by atoms with Crippen LogP contribution < -0.4 is 4.90 Å². The van der Waals surface area contributed by atoms with Gasteiger partial charge in [-0.3, -0.25) is 4.90 Å². The van der Waals surface area contributed by atoms with Crippen molar-refractivity contribution in [2.45, 2.75) is 52.9 Å². The van der Waals surface area contributed by atoms with Crippen LogP contribution in [0.5, 0.6) is 0 Å². The molecule has 178 valence electrons. The second-order valence-electron chi connectivity index (χ2n) is 8.86. The number of aliphatic hydroxyl groups is 1. The maximum Gasteiger partial charge on any atom is 0.232 e. The number of benzene rings is 2. The summed E-state index contributed by atoms with van der Waals surface area (Å²) in [6, 6.07) is 18.9. The summed E-state index contributed by atoms with van der Waals surface area (Å²) < 4.78 is 11.3. The average Bonchev–Trinajstić information content (AvgIpc) is 3.20. The van der Waals surface area contributed by atoms with E-state index in [4.69, 9.17) is 9.26 Å². The predicted molar refractivity (Wildman–Crippen MR) is 133 cm³/mol. The molecular weight excluding hydrogens is 414 g/mol. The Morgan fingerprint density at radius 2 is 1.82 bits per heavy atom. The minimum absolute atomic E-state index is 0.258. The van der Waals surface area contributed by atoms with E-state index < -0.39 is 6.10 Å². The number of hydrogen-bond acceptors (Lipinski definition) is 6. The Balaban J connectivity index is 1.96. The Bertz CT molecular complexity index is 987. The topological polar surface area (TPSA) is 62.0 Å². The monoisotopic (exact) mass is 451 g/mol. The van der Waals surface area contributed by atoms with Crippen LogP contribution in [0.25, 0.3) is 11.3 Å². The predicted octanol–water partition coefficient (Wildman–Crippen LogP) is 4.89. The lowest BCUT2D eigenvalue weighted by atomic mass is 10.1. The van der Waals surface area contributed by atoms with E-state index in [1.165, 1.54) is 11.1 Å². The molecule has 1 N–H and O–H groups in total. The van der Waals surface area contributed by atoms with Crippen molar-refractivity contribution in [3.8, 4) is 11.3 Å². The van der Waals surface area contributed by atoms with Gasteiger partial charge in [-0.2, -0.15) is 0 Å². The maximum absolute atomic E-state index is 10.6. The van der Waals surface area contributed by atoms with E-state index in [1.54, 1.807) is 0 Å². The number of nitrogens with zero attached hydrogens (tertiary/aromatic N) is 3. The number of aryl methyl sites for hydroxylation is 1. The van der Waals surface area contributed by atoms with E-state index in [0.717, 1.165) is 22.7 Å². The molecule has 0 saturated heterocycles. The molecule has 0 radical (unpaired) electrons. The largest absolute Gasteiger partial charge is 0.389 e. The van der Waals surface area contributed by atoms with Crippen molar-refractivity contribution in [1.29, 1.82) is 0 Å². The van der Waals surface area contributed by atoms with Crippen molar-refractivity contribution in [3.05, 3.63) is 71.3 Å². The number of aromatic nitrogens is 1. The third kappa shape index (κ3) is 6.90. The highest BCUT2D eigenvalue weighted by Gasteiger charge is 2.25. The lowest BCUT2D eigenvalue weighted by Gasteiger charge is -2.27. The lowest BCUT2D eigenvalue weighted by Crippen LogP contribution is -2.35. The van der Waals surface area contributed by atoms with Crippen LogP contribution in [0.1, 0.15) is 37.5 Å². The quantitative estimate of drug-likeness (QED) is 0.423. The van der Waals surface area contributed by atoms with Gasteiger partial charge in [0.15, 0.2) is 0 Å². The van der Waals surface area contributed by atoms with Crippen LogP contribution in [-0.4, -0.2) is 54.1 Å². The van der Waals surface area contributed by atoms with Gasteiger partial charge in [-0.15, -0.1) is 0 Å².